The minimum atomic E-state index is -4.58. The van der Waals surface area contributed by atoms with E-state index in [1.54, 1.807) is 37.0 Å². The number of ether oxygens (including phenoxy) is 1. The molecule has 1 aliphatic rings. The Hall–Kier alpha value is -4.26. The minimum absolute atomic E-state index is 0.0808. The molecule has 1 N–H and O–H groups in total. The molecule has 4 aromatic rings. The molecule has 10 nitrogen and oxygen atoms in total. The average Bonchev–Trinajstić information content (AvgIpc) is 3.41. The number of rotatable bonds is 5. The summed E-state index contributed by atoms with van der Waals surface area (Å²) in [5.41, 5.74) is 3.81. The van der Waals surface area contributed by atoms with Gasteiger partial charge in [0.25, 0.3) is 5.91 Å². The molecule has 0 unspecified atom stereocenters. The van der Waals surface area contributed by atoms with E-state index in [4.69, 9.17) is 4.74 Å². The molecule has 0 atom stereocenters. The van der Waals surface area contributed by atoms with Crippen LogP contribution in [-0.2, 0) is 18.0 Å². The van der Waals surface area contributed by atoms with Gasteiger partial charge in [-0.05, 0) is 51.0 Å². The molecule has 210 valence electrons. The van der Waals surface area contributed by atoms with Crippen LogP contribution >= 0.6 is 0 Å². The summed E-state index contributed by atoms with van der Waals surface area (Å²) in [5, 5.41) is 15.3. The standard InChI is InChI=1S/C27H29F3N8O2/c1-16-22(11-20(27(28,29)30)12-24(16)37-6-5-8-40-9-7-37)33-26(39)19-10-25(17(2)31-13-19)38-15-23(34-35-38)21-14-32-36(4)18(21)3/h10-15H,5-9H2,1-4H3,(H,33,39). The lowest BCUT2D eigenvalue weighted by molar-refractivity contribution is -0.137. The average molecular weight is 555 g/mol. The predicted molar refractivity (Wildman–Crippen MR) is 143 cm³/mol. The van der Waals surface area contributed by atoms with Crippen LogP contribution in [0.25, 0.3) is 16.9 Å². The van der Waals surface area contributed by atoms with Crippen LogP contribution in [0.3, 0.4) is 0 Å². The molecule has 3 aromatic heterocycles. The molecule has 1 aliphatic heterocycles. The first-order valence-corrected chi connectivity index (χ1v) is 12.8. The molecule has 1 fully saturated rings. The van der Waals surface area contributed by atoms with Gasteiger partial charge in [0.1, 0.15) is 5.69 Å². The van der Waals surface area contributed by atoms with E-state index < -0.39 is 17.6 Å². The van der Waals surface area contributed by atoms with Crippen LogP contribution in [0, 0.1) is 20.8 Å². The summed E-state index contributed by atoms with van der Waals surface area (Å²) < 4.78 is 50.2. The Labute approximate surface area is 228 Å². The van der Waals surface area contributed by atoms with Gasteiger partial charge < -0.3 is 15.0 Å². The van der Waals surface area contributed by atoms with Crippen molar-refractivity contribution in [2.24, 2.45) is 7.05 Å². The molecular weight excluding hydrogens is 525 g/mol. The van der Waals surface area contributed by atoms with Gasteiger partial charge in [0.15, 0.2) is 0 Å². The smallest absolute Gasteiger partial charge is 0.380 e. The number of nitrogens with zero attached hydrogens (tertiary/aromatic N) is 7. The predicted octanol–water partition coefficient (Wildman–Crippen LogP) is 4.49. The van der Waals surface area contributed by atoms with Crippen LogP contribution in [0.15, 0.2) is 36.8 Å². The normalized spacial score (nSPS) is 14.3. The molecule has 5 rings (SSSR count). The Morgan fingerprint density at radius 1 is 1.05 bits per heavy atom. The van der Waals surface area contributed by atoms with Crippen molar-refractivity contribution >= 4 is 17.3 Å². The number of benzene rings is 1. The van der Waals surface area contributed by atoms with Crippen molar-refractivity contribution < 1.29 is 22.7 Å². The van der Waals surface area contributed by atoms with E-state index in [-0.39, 0.29) is 11.3 Å². The molecule has 13 heteroatoms. The van der Waals surface area contributed by atoms with Crippen molar-refractivity contribution in [1.29, 1.82) is 0 Å². The largest absolute Gasteiger partial charge is 0.416 e. The Balaban J connectivity index is 1.46. The molecule has 0 aliphatic carbocycles. The van der Waals surface area contributed by atoms with Gasteiger partial charge in [0, 0.05) is 55.6 Å². The van der Waals surface area contributed by atoms with Gasteiger partial charge in [0.2, 0.25) is 0 Å². The van der Waals surface area contributed by atoms with Crippen LogP contribution < -0.4 is 10.2 Å². The van der Waals surface area contributed by atoms with Gasteiger partial charge in [-0.25, -0.2) is 4.68 Å². The van der Waals surface area contributed by atoms with Gasteiger partial charge in [-0.3, -0.25) is 14.5 Å². The first kappa shape index (κ1) is 27.3. The van der Waals surface area contributed by atoms with E-state index in [0.29, 0.717) is 61.1 Å². The maximum atomic E-state index is 13.8. The zero-order chi connectivity index (χ0) is 28.6. The van der Waals surface area contributed by atoms with Gasteiger partial charge in [-0.1, -0.05) is 5.21 Å². The molecular formula is C27H29F3N8O2. The third-order valence-corrected chi connectivity index (χ3v) is 7.09. The van der Waals surface area contributed by atoms with E-state index in [0.717, 1.165) is 23.4 Å². The summed E-state index contributed by atoms with van der Waals surface area (Å²) in [6.45, 7) is 7.36. The zero-order valence-corrected chi connectivity index (χ0v) is 22.6. The molecule has 0 bridgehead atoms. The zero-order valence-electron chi connectivity index (χ0n) is 22.6. The molecule has 1 amide bonds. The summed E-state index contributed by atoms with van der Waals surface area (Å²) in [5.74, 6) is -0.593. The lowest BCUT2D eigenvalue weighted by Crippen LogP contribution is -2.27. The highest BCUT2D eigenvalue weighted by molar-refractivity contribution is 6.05. The fourth-order valence-corrected chi connectivity index (χ4v) is 4.64. The van der Waals surface area contributed by atoms with Crippen LogP contribution in [-0.4, -0.2) is 62.0 Å². The third-order valence-electron chi connectivity index (χ3n) is 7.09. The van der Waals surface area contributed by atoms with Crippen molar-refractivity contribution in [3.63, 3.8) is 0 Å². The number of amides is 1. The lowest BCUT2D eigenvalue weighted by Gasteiger charge is -2.27. The molecule has 0 saturated carbocycles. The van der Waals surface area contributed by atoms with Crippen molar-refractivity contribution in [2.45, 2.75) is 33.4 Å². The Bertz CT molecular complexity index is 1550. The summed E-state index contributed by atoms with van der Waals surface area (Å²) in [6.07, 6.45) is 0.903. The summed E-state index contributed by atoms with van der Waals surface area (Å²) in [7, 11) is 1.83. The fraction of sp³-hybridized carbons (Fsp3) is 0.370. The number of aryl methyl sites for hydroxylation is 2. The van der Waals surface area contributed by atoms with E-state index >= 15 is 0 Å². The number of hydrogen-bond donors (Lipinski definition) is 1. The number of alkyl halides is 3. The number of carbonyl (C=O) groups excluding carboxylic acids is 1. The first-order valence-electron chi connectivity index (χ1n) is 12.8. The highest BCUT2D eigenvalue weighted by Gasteiger charge is 2.33. The monoisotopic (exact) mass is 554 g/mol. The number of aromatic nitrogens is 6. The van der Waals surface area contributed by atoms with E-state index in [9.17, 15) is 18.0 Å². The molecule has 40 heavy (non-hydrogen) atoms. The summed E-state index contributed by atoms with van der Waals surface area (Å²) in [4.78, 5) is 19.5. The third kappa shape index (κ3) is 5.41. The highest BCUT2D eigenvalue weighted by Crippen LogP contribution is 2.38. The van der Waals surface area contributed by atoms with Crippen molar-refractivity contribution in [1.82, 2.24) is 29.8 Å². The van der Waals surface area contributed by atoms with Crippen LogP contribution in [0.1, 0.15) is 39.3 Å². The van der Waals surface area contributed by atoms with Gasteiger partial charge in [-0.2, -0.15) is 18.3 Å². The van der Waals surface area contributed by atoms with Crippen molar-refractivity contribution in [2.75, 3.05) is 36.5 Å². The highest BCUT2D eigenvalue weighted by atomic mass is 19.4. The maximum absolute atomic E-state index is 13.8. The lowest BCUT2D eigenvalue weighted by atomic mass is 10.0. The molecule has 0 radical (unpaired) electrons. The molecule has 1 saturated heterocycles. The molecule has 1 aromatic carbocycles. The second kappa shape index (κ2) is 10.7. The topological polar surface area (TPSA) is 103 Å². The van der Waals surface area contributed by atoms with Gasteiger partial charge in [0.05, 0.1) is 41.5 Å². The van der Waals surface area contributed by atoms with Crippen LogP contribution in [0.5, 0.6) is 0 Å². The summed E-state index contributed by atoms with van der Waals surface area (Å²) >= 11 is 0. The first-order chi connectivity index (χ1) is 19.0. The Kier molecular flexibility index (Phi) is 7.32. The van der Waals surface area contributed by atoms with E-state index in [1.165, 1.54) is 10.9 Å². The Morgan fingerprint density at radius 3 is 2.58 bits per heavy atom. The maximum Gasteiger partial charge on any atom is 0.416 e. The second-order valence-electron chi connectivity index (χ2n) is 9.72. The Morgan fingerprint density at radius 2 is 1.85 bits per heavy atom. The SMILES string of the molecule is Cc1ncc(C(=O)Nc2cc(C(F)(F)F)cc(N3CCCOCC3)c2C)cc1-n1cc(-c2cnn(C)c2C)nn1. The van der Waals surface area contributed by atoms with Gasteiger partial charge in [-0.15, -0.1) is 5.10 Å². The number of nitrogens with one attached hydrogen (secondary N) is 1. The number of hydrogen-bond acceptors (Lipinski definition) is 7. The van der Waals surface area contributed by atoms with E-state index in [1.807, 2.05) is 18.9 Å². The van der Waals surface area contributed by atoms with Gasteiger partial charge >= 0.3 is 6.18 Å². The number of halogens is 3. The molecule has 0 spiro atoms. The minimum Gasteiger partial charge on any atom is -0.380 e. The quantitative estimate of drug-likeness (QED) is 0.388. The van der Waals surface area contributed by atoms with Crippen molar-refractivity contribution in [3.05, 3.63) is 64.9 Å². The number of pyridine rings is 1. The number of carbonyl (C=O) groups is 1. The van der Waals surface area contributed by atoms with Crippen LogP contribution in [0.2, 0.25) is 0 Å². The van der Waals surface area contributed by atoms with E-state index in [2.05, 4.69) is 25.7 Å². The summed E-state index contributed by atoms with van der Waals surface area (Å²) in [6, 6.07) is 3.68. The van der Waals surface area contributed by atoms with Crippen molar-refractivity contribution in [3.8, 4) is 16.9 Å². The van der Waals surface area contributed by atoms with Crippen LogP contribution in [0.4, 0.5) is 24.5 Å². The number of anilines is 2. The molecule has 4 heterocycles. The fourth-order valence-electron chi connectivity index (χ4n) is 4.64. The second-order valence-corrected chi connectivity index (χ2v) is 9.72.